The van der Waals surface area contributed by atoms with E-state index in [1.165, 1.54) is 35.2 Å². The van der Waals surface area contributed by atoms with Crippen molar-refractivity contribution in [3.05, 3.63) is 17.5 Å². The summed E-state index contributed by atoms with van der Waals surface area (Å²) in [7, 11) is 0. The van der Waals surface area contributed by atoms with Crippen molar-refractivity contribution in [2.75, 3.05) is 29.9 Å². The summed E-state index contributed by atoms with van der Waals surface area (Å²) in [6.45, 7) is 9.27. The molecule has 3 aromatic rings. The zero-order valence-corrected chi connectivity index (χ0v) is 18.7. The second kappa shape index (κ2) is 7.59. The number of aliphatic hydroxyl groups is 1. The summed E-state index contributed by atoms with van der Waals surface area (Å²) in [5.74, 6) is 2.01. The van der Waals surface area contributed by atoms with Crippen LogP contribution in [0.4, 0.5) is 11.6 Å². The molecule has 1 saturated heterocycles. The first-order valence-corrected chi connectivity index (χ1v) is 11.7. The van der Waals surface area contributed by atoms with Crippen molar-refractivity contribution < 1.29 is 14.8 Å². The van der Waals surface area contributed by atoms with E-state index in [1.54, 1.807) is 17.7 Å². The predicted molar refractivity (Wildman–Crippen MR) is 120 cm³/mol. The Bertz CT molecular complexity index is 1090. The van der Waals surface area contributed by atoms with E-state index in [1.807, 2.05) is 0 Å². The first kappa shape index (κ1) is 19.9. The second-order valence-electron chi connectivity index (χ2n) is 8.99. The van der Waals surface area contributed by atoms with Gasteiger partial charge >= 0.3 is 0 Å². The van der Waals surface area contributed by atoms with Crippen LogP contribution in [-0.2, 0) is 17.8 Å². The molecular formula is C22H30N5O2S+. The van der Waals surface area contributed by atoms with Gasteiger partial charge in [0.2, 0.25) is 0 Å². The quantitative estimate of drug-likeness (QED) is 0.649. The van der Waals surface area contributed by atoms with Crippen LogP contribution in [0.3, 0.4) is 0 Å². The summed E-state index contributed by atoms with van der Waals surface area (Å²) in [6, 6.07) is -0.0151. The molecule has 3 aromatic heterocycles. The number of aromatic amines is 1. The molecule has 0 spiro atoms. The largest absolute Gasteiger partial charge is 0.394 e. The van der Waals surface area contributed by atoms with Gasteiger partial charge in [0.15, 0.2) is 4.83 Å². The summed E-state index contributed by atoms with van der Waals surface area (Å²) in [5, 5.41) is 14.3. The number of hydrogen-bond acceptors (Lipinski definition) is 7. The van der Waals surface area contributed by atoms with E-state index in [4.69, 9.17) is 9.72 Å². The minimum Gasteiger partial charge on any atom is -0.394 e. The summed E-state index contributed by atoms with van der Waals surface area (Å²) >= 11 is 1.71. The van der Waals surface area contributed by atoms with Crippen LogP contribution in [0.5, 0.6) is 0 Å². The van der Waals surface area contributed by atoms with Gasteiger partial charge in [-0.1, -0.05) is 18.3 Å². The molecule has 1 fully saturated rings. The Balaban J connectivity index is 1.74. The fraction of sp³-hybridized carbons (Fsp3) is 0.591. The molecule has 7 nitrogen and oxygen atoms in total. The monoisotopic (exact) mass is 428 g/mol. The van der Waals surface area contributed by atoms with Gasteiger partial charge in [0.1, 0.15) is 16.8 Å². The molecule has 0 aliphatic carbocycles. The molecule has 0 aromatic carbocycles. The van der Waals surface area contributed by atoms with Gasteiger partial charge in [-0.25, -0.2) is 15.0 Å². The Kier molecular flexibility index (Phi) is 5.03. The van der Waals surface area contributed by atoms with Crippen molar-refractivity contribution in [1.82, 2.24) is 9.97 Å². The van der Waals surface area contributed by atoms with Gasteiger partial charge in [-0.3, -0.25) is 4.90 Å². The Morgan fingerprint density at radius 3 is 2.83 bits per heavy atom. The van der Waals surface area contributed by atoms with Crippen LogP contribution >= 0.6 is 11.3 Å². The first-order chi connectivity index (χ1) is 14.5. The maximum absolute atomic E-state index is 9.64. The van der Waals surface area contributed by atoms with Crippen LogP contribution in [0.15, 0.2) is 6.33 Å². The molecule has 2 aliphatic heterocycles. The van der Waals surface area contributed by atoms with Gasteiger partial charge in [-0.05, 0) is 38.7 Å². The number of anilines is 2. The number of nitrogens with zero attached hydrogens (tertiary/aromatic N) is 3. The van der Waals surface area contributed by atoms with Crippen molar-refractivity contribution in [2.24, 2.45) is 0 Å². The highest BCUT2D eigenvalue weighted by Gasteiger charge is 2.36. The maximum atomic E-state index is 9.64. The fourth-order valence-electron chi connectivity index (χ4n) is 4.63. The third kappa shape index (κ3) is 3.31. The number of thiophene rings is 1. The summed E-state index contributed by atoms with van der Waals surface area (Å²) in [4.78, 5) is 16.6. The third-order valence-corrected chi connectivity index (χ3v) is 7.44. The topological polar surface area (TPSA) is 84.7 Å². The molecule has 5 heterocycles. The number of pyridine rings is 1. The average molecular weight is 429 g/mol. The number of aliphatic hydroxyl groups excluding tert-OH is 1. The van der Waals surface area contributed by atoms with Gasteiger partial charge in [0, 0.05) is 6.42 Å². The van der Waals surface area contributed by atoms with E-state index in [-0.39, 0.29) is 18.2 Å². The van der Waals surface area contributed by atoms with E-state index >= 15 is 0 Å². The van der Waals surface area contributed by atoms with Crippen LogP contribution in [-0.4, -0.2) is 46.4 Å². The summed E-state index contributed by atoms with van der Waals surface area (Å²) in [5.41, 5.74) is 3.42. The number of aromatic nitrogens is 3. The summed E-state index contributed by atoms with van der Waals surface area (Å²) in [6.07, 6.45) is 5.80. The predicted octanol–water partition coefficient (Wildman–Crippen LogP) is 3.29. The van der Waals surface area contributed by atoms with Crippen LogP contribution in [0, 0.1) is 0 Å². The number of nitrogens with one attached hydrogen (secondary N) is 2. The highest BCUT2D eigenvalue weighted by molar-refractivity contribution is 7.25. The van der Waals surface area contributed by atoms with Crippen LogP contribution in [0.1, 0.15) is 51.2 Å². The highest BCUT2D eigenvalue weighted by Crippen LogP contribution is 2.42. The Hall–Kier alpha value is -2.03. The van der Waals surface area contributed by atoms with Crippen molar-refractivity contribution in [3.63, 3.8) is 0 Å². The Morgan fingerprint density at radius 2 is 2.10 bits per heavy atom. The van der Waals surface area contributed by atoms with Crippen molar-refractivity contribution in [2.45, 2.75) is 64.7 Å². The van der Waals surface area contributed by atoms with E-state index in [0.717, 1.165) is 46.8 Å². The van der Waals surface area contributed by atoms with E-state index < -0.39 is 0 Å². The van der Waals surface area contributed by atoms with Gasteiger partial charge in [0.05, 0.1) is 54.4 Å². The van der Waals surface area contributed by atoms with Crippen LogP contribution < -0.4 is 15.2 Å². The maximum Gasteiger partial charge on any atom is 0.281 e. The van der Waals surface area contributed by atoms with E-state index in [2.05, 4.69) is 41.0 Å². The number of H-pyrrole nitrogens is 1. The minimum absolute atomic E-state index is 0.0151. The van der Waals surface area contributed by atoms with Gasteiger partial charge in [-0.2, -0.15) is 0 Å². The zero-order chi connectivity index (χ0) is 20.9. The molecule has 5 rings (SSSR count). The van der Waals surface area contributed by atoms with E-state index in [0.29, 0.717) is 6.61 Å². The molecule has 1 atom stereocenters. The smallest absolute Gasteiger partial charge is 0.281 e. The molecule has 0 saturated carbocycles. The molecular weight excluding hydrogens is 398 g/mol. The molecule has 30 heavy (non-hydrogen) atoms. The van der Waals surface area contributed by atoms with Gasteiger partial charge < -0.3 is 15.2 Å². The molecule has 0 unspecified atom stereocenters. The van der Waals surface area contributed by atoms with E-state index in [9.17, 15) is 5.11 Å². The lowest BCUT2D eigenvalue weighted by molar-refractivity contribution is -0.328. The number of rotatable bonds is 5. The average Bonchev–Trinajstić information content (AvgIpc) is 3.38. The van der Waals surface area contributed by atoms with Crippen molar-refractivity contribution in [3.8, 4) is 0 Å². The number of fused-ring (bicyclic) bond motifs is 5. The molecule has 0 amide bonds. The first-order valence-electron chi connectivity index (χ1n) is 10.9. The fourth-order valence-corrected chi connectivity index (χ4v) is 5.77. The minimum atomic E-state index is -0.198. The lowest BCUT2D eigenvalue weighted by atomic mass is 9.90. The third-order valence-electron chi connectivity index (χ3n) is 6.34. The number of ether oxygens (including phenoxy) is 1. The van der Waals surface area contributed by atoms with Crippen molar-refractivity contribution in [1.29, 1.82) is 0 Å². The SMILES string of the molecule is CC[C@H](CO)Nc1ncnc2c1sc1[nH+]c(N3CCCC3)c3c(c12)CC(C)(C)OC3. The highest BCUT2D eigenvalue weighted by atomic mass is 32.1. The Morgan fingerprint density at radius 1 is 1.30 bits per heavy atom. The van der Waals surface area contributed by atoms with Crippen LogP contribution in [0.2, 0.25) is 0 Å². The lowest BCUT2D eigenvalue weighted by Gasteiger charge is -2.32. The number of hydrogen-bond donors (Lipinski definition) is 2. The standard InChI is InChI=1S/C22H29N5O2S/c1-4-13(10-28)25-19-18-17(23-12-24-19)16-14-9-22(2,3)29-11-15(14)20(26-21(16)30-18)27-7-5-6-8-27/h12-13,28H,4-11H2,1-3H3,(H,23,24,25)/p+1/t13-/m1/s1. The molecule has 0 bridgehead atoms. The zero-order valence-electron chi connectivity index (χ0n) is 17.9. The van der Waals surface area contributed by atoms with Crippen molar-refractivity contribution >= 4 is 43.4 Å². The van der Waals surface area contributed by atoms with Gasteiger partial charge in [-0.15, -0.1) is 0 Å². The molecule has 0 radical (unpaired) electrons. The lowest BCUT2D eigenvalue weighted by Crippen LogP contribution is -2.36. The molecule has 8 heteroatoms. The molecule has 160 valence electrons. The summed E-state index contributed by atoms with van der Waals surface area (Å²) < 4.78 is 7.26. The van der Waals surface area contributed by atoms with Crippen LogP contribution in [0.25, 0.3) is 20.4 Å². The Labute approximate surface area is 180 Å². The normalized spacial score (nSPS) is 19.4. The molecule has 2 aliphatic rings. The molecule has 3 N–H and O–H groups in total. The van der Waals surface area contributed by atoms with Gasteiger partial charge in [0.25, 0.3) is 5.82 Å². The second-order valence-corrected chi connectivity index (χ2v) is 10.0.